The van der Waals surface area contributed by atoms with E-state index in [-0.39, 0.29) is 0 Å². The summed E-state index contributed by atoms with van der Waals surface area (Å²) in [5, 5.41) is 0. The Bertz CT molecular complexity index is 273. The molecule has 0 heterocycles. The lowest BCUT2D eigenvalue weighted by Gasteiger charge is -2.29. The SMILES string of the molecule is CCCC1CCCC(c2ccccc2)C1. The summed E-state index contributed by atoms with van der Waals surface area (Å²) in [6.07, 6.45) is 8.53. The molecule has 0 radical (unpaired) electrons. The second-order valence-corrected chi connectivity index (χ2v) is 4.93. The maximum atomic E-state index is 2.31. The summed E-state index contributed by atoms with van der Waals surface area (Å²) >= 11 is 0. The van der Waals surface area contributed by atoms with Crippen LogP contribution in [0.1, 0.15) is 56.9 Å². The summed E-state index contributed by atoms with van der Waals surface area (Å²) in [5.41, 5.74) is 1.57. The van der Waals surface area contributed by atoms with Crippen molar-refractivity contribution in [2.75, 3.05) is 0 Å². The van der Waals surface area contributed by atoms with Crippen LogP contribution in [0, 0.1) is 5.92 Å². The van der Waals surface area contributed by atoms with E-state index in [1.807, 2.05) is 0 Å². The molecular formula is C15H22. The standard InChI is InChI=1S/C15H22/c1-2-7-13-8-6-11-15(12-13)14-9-4-3-5-10-14/h3-5,9-10,13,15H,2,6-8,11-12H2,1H3. The highest BCUT2D eigenvalue weighted by molar-refractivity contribution is 5.19. The van der Waals surface area contributed by atoms with Crippen molar-refractivity contribution in [1.29, 1.82) is 0 Å². The second kappa shape index (κ2) is 5.34. The molecule has 0 N–H and O–H groups in total. The number of hydrogen-bond acceptors (Lipinski definition) is 0. The van der Waals surface area contributed by atoms with Gasteiger partial charge in [0.25, 0.3) is 0 Å². The fraction of sp³-hybridized carbons (Fsp3) is 0.600. The zero-order valence-electron chi connectivity index (χ0n) is 9.78. The van der Waals surface area contributed by atoms with E-state index in [0.29, 0.717) is 0 Å². The van der Waals surface area contributed by atoms with Crippen LogP contribution in [0.2, 0.25) is 0 Å². The molecule has 2 rings (SSSR count). The Kier molecular flexibility index (Phi) is 3.82. The van der Waals surface area contributed by atoms with Crippen LogP contribution in [0.15, 0.2) is 30.3 Å². The molecule has 0 heteroatoms. The molecule has 1 aliphatic rings. The molecule has 1 aromatic rings. The molecule has 1 saturated carbocycles. The Labute approximate surface area is 93.7 Å². The Hall–Kier alpha value is -0.780. The lowest BCUT2D eigenvalue weighted by atomic mass is 9.76. The molecule has 15 heavy (non-hydrogen) atoms. The van der Waals surface area contributed by atoms with Crippen LogP contribution >= 0.6 is 0 Å². The molecule has 1 fully saturated rings. The van der Waals surface area contributed by atoms with Gasteiger partial charge in [-0.05, 0) is 30.2 Å². The maximum Gasteiger partial charge on any atom is -0.0159 e. The van der Waals surface area contributed by atoms with Crippen LogP contribution < -0.4 is 0 Å². The molecule has 0 amide bonds. The third-order valence-corrected chi connectivity index (χ3v) is 3.75. The predicted octanol–water partition coefficient (Wildman–Crippen LogP) is 4.76. The summed E-state index contributed by atoms with van der Waals surface area (Å²) in [6, 6.07) is 11.1. The van der Waals surface area contributed by atoms with Crippen LogP contribution in [0.4, 0.5) is 0 Å². The van der Waals surface area contributed by atoms with Gasteiger partial charge in [-0.1, -0.05) is 62.9 Å². The highest BCUT2D eigenvalue weighted by Gasteiger charge is 2.22. The lowest BCUT2D eigenvalue weighted by Crippen LogP contribution is -2.14. The van der Waals surface area contributed by atoms with Gasteiger partial charge in [-0.15, -0.1) is 0 Å². The van der Waals surface area contributed by atoms with Gasteiger partial charge >= 0.3 is 0 Å². The van der Waals surface area contributed by atoms with Crippen molar-refractivity contribution < 1.29 is 0 Å². The van der Waals surface area contributed by atoms with Crippen molar-refractivity contribution in [2.45, 2.75) is 51.4 Å². The van der Waals surface area contributed by atoms with Gasteiger partial charge in [0.05, 0.1) is 0 Å². The minimum atomic E-state index is 0.844. The average Bonchev–Trinajstić information content (AvgIpc) is 2.31. The van der Waals surface area contributed by atoms with E-state index in [0.717, 1.165) is 11.8 Å². The molecule has 0 nitrogen and oxygen atoms in total. The minimum Gasteiger partial charge on any atom is -0.0654 e. The smallest absolute Gasteiger partial charge is 0.0159 e. The van der Waals surface area contributed by atoms with Gasteiger partial charge < -0.3 is 0 Å². The first kappa shape index (κ1) is 10.7. The first-order valence-electron chi connectivity index (χ1n) is 6.45. The number of hydrogen-bond donors (Lipinski definition) is 0. The van der Waals surface area contributed by atoms with E-state index < -0.39 is 0 Å². The quantitative estimate of drug-likeness (QED) is 0.663. The van der Waals surface area contributed by atoms with Gasteiger partial charge in [-0.25, -0.2) is 0 Å². The molecule has 0 saturated heterocycles. The van der Waals surface area contributed by atoms with Crippen molar-refractivity contribution in [3.05, 3.63) is 35.9 Å². The molecule has 0 spiro atoms. The predicted molar refractivity (Wildman–Crippen MR) is 66.0 cm³/mol. The lowest BCUT2D eigenvalue weighted by molar-refractivity contribution is 0.304. The summed E-state index contributed by atoms with van der Waals surface area (Å²) < 4.78 is 0. The van der Waals surface area contributed by atoms with Crippen LogP contribution in [-0.2, 0) is 0 Å². The van der Waals surface area contributed by atoms with Crippen molar-refractivity contribution in [1.82, 2.24) is 0 Å². The Balaban J connectivity index is 1.98. The summed E-state index contributed by atoms with van der Waals surface area (Å²) in [6.45, 7) is 2.31. The summed E-state index contributed by atoms with van der Waals surface area (Å²) in [4.78, 5) is 0. The topological polar surface area (TPSA) is 0 Å². The number of rotatable bonds is 3. The van der Waals surface area contributed by atoms with Crippen LogP contribution in [0.25, 0.3) is 0 Å². The molecule has 0 aliphatic heterocycles. The first-order valence-corrected chi connectivity index (χ1v) is 6.45. The van der Waals surface area contributed by atoms with Gasteiger partial charge in [-0.3, -0.25) is 0 Å². The fourth-order valence-corrected chi connectivity index (χ4v) is 2.99. The molecule has 1 aromatic carbocycles. The first-order chi connectivity index (χ1) is 7.40. The molecule has 1 aliphatic carbocycles. The third-order valence-electron chi connectivity index (χ3n) is 3.75. The number of benzene rings is 1. The van der Waals surface area contributed by atoms with E-state index in [4.69, 9.17) is 0 Å². The van der Waals surface area contributed by atoms with Gasteiger partial charge in [0.1, 0.15) is 0 Å². The second-order valence-electron chi connectivity index (χ2n) is 4.93. The molecule has 0 aromatic heterocycles. The van der Waals surface area contributed by atoms with Crippen LogP contribution in [0.5, 0.6) is 0 Å². The monoisotopic (exact) mass is 202 g/mol. The highest BCUT2D eigenvalue weighted by atomic mass is 14.3. The Morgan fingerprint density at radius 3 is 2.67 bits per heavy atom. The summed E-state index contributed by atoms with van der Waals surface area (Å²) in [7, 11) is 0. The third kappa shape index (κ3) is 2.84. The van der Waals surface area contributed by atoms with E-state index in [1.165, 1.54) is 38.5 Å². The molecular weight excluding hydrogens is 180 g/mol. The fourth-order valence-electron chi connectivity index (χ4n) is 2.99. The van der Waals surface area contributed by atoms with Gasteiger partial charge in [0.15, 0.2) is 0 Å². The molecule has 2 unspecified atom stereocenters. The molecule has 0 bridgehead atoms. The van der Waals surface area contributed by atoms with Crippen molar-refractivity contribution in [3.63, 3.8) is 0 Å². The van der Waals surface area contributed by atoms with Gasteiger partial charge in [-0.2, -0.15) is 0 Å². The van der Waals surface area contributed by atoms with Crippen LogP contribution in [0.3, 0.4) is 0 Å². The summed E-state index contributed by atoms with van der Waals surface area (Å²) in [5.74, 6) is 1.84. The zero-order chi connectivity index (χ0) is 10.5. The molecule has 2 atom stereocenters. The van der Waals surface area contributed by atoms with Gasteiger partial charge in [0, 0.05) is 0 Å². The molecule has 82 valence electrons. The van der Waals surface area contributed by atoms with E-state index >= 15 is 0 Å². The van der Waals surface area contributed by atoms with E-state index in [1.54, 1.807) is 5.56 Å². The van der Waals surface area contributed by atoms with Crippen molar-refractivity contribution in [2.24, 2.45) is 5.92 Å². The highest BCUT2D eigenvalue weighted by Crippen LogP contribution is 2.37. The Morgan fingerprint density at radius 1 is 1.13 bits per heavy atom. The van der Waals surface area contributed by atoms with Crippen molar-refractivity contribution >= 4 is 0 Å². The van der Waals surface area contributed by atoms with Crippen molar-refractivity contribution in [3.8, 4) is 0 Å². The van der Waals surface area contributed by atoms with Crippen LogP contribution in [-0.4, -0.2) is 0 Å². The maximum absolute atomic E-state index is 2.31. The average molecular weight is 202 g/mol. The van der Waals surface area contributed by atoms with Gasteiger partial charge in [0.2, 0.25) is 0 Å². The largest absolute Gasteiger partial charge is 0.0654 e. The van der Waals surface area contributed by atoms with E-state index in [9.17, 15) is 0 Å². The Morgan fingerprint density at radius 2 is 1.93 bits per heavy atom. The minimum absolute atomic E-state index is 0.844. The zero-order valence-corrected chi connectivity index (χ0v) is 9.78. The van der Waals surface area contributed by atoms with E-state index in [2.05, 4.69) is 37.3 Å². The normalized spacial score (nSPS) is 26.5.